The molecule has 0 radical (unpaired) electrons. The SMILES string of the molecule is Cl.O=C(Nc1ccc(OC(F)F)cc1)[C@@H]1CCCCN1. The summed E-state index contributed by atoms with van der Waals surface area (Å²) in [5, 5.41) is 5.89. The quantitative estimate of drug-likeness (QED) is 0.899. The van der Waals surface area contributed by atoms with E-state index >= 15 is 0 Å². The Kier molecular flexibility index (Phi) is 6.67. The van der Waals surface area contributed by atoms with Gasteiger partial charge in [0.15, 0.2) is 0 Å². The summed E-state index contributed by atoms with van der Waals surface area (Å²) in [5.41, 5.74) is 0.569. The molecule has 1 saturated heterocycles. The maximum atomic E-state index is 12.0. The number of piperidine rings is 1. The molecule has 0 unspecified atom stereocenters. The second-order valence-electron chi connectivity index (χ2n) is 4.39. The number of halogens is 3. The highest BCUT2D eigenvalue weighted by Crippen LogP contribution is 2.18. The smallest absolute Gasteiger partial charge is 0.387 e. The van der Waals surface area contributed by atoms with E-state index in [2.05, 4.69) is 15.4 Å². The second kappa shape index (κ2) is 8.01. The fraction of sp³-hybridized carbons (Fsp3) is 0.462. The summed E-state index contributed by atoms with van der Waals surface area (Å²) in [6, 6.07) is 5.70. The minimum Gasteiger partial charge on any atom is -0.435 e. The maximum absolute atomic E-state index is 12.0. The molecule has 2 rings (SSSR count). The Balaban J connectivity index is 0.00000200. The Labute approximate surface area is 122 Å². The van der Waals surface area contributed by atoms with Gasteiger partial charge in [-0.25, -0.2) is 0 Å². The first-order valence-corrected chi connectivity index (χ1v) is 6.24. The van der Waals surface area contributed by atoms with Gasteiger partial charge in [-0.05, 0) is 43.7 Å². The van der Waals surface area contributed by atoms with Gasteiger partial charge in [0, 0.05) is 5.69 Å². The van der Waals surface area contributed by atoms with Crippen LogP contribution in [0.1, 0.15) is 19.3 Å². The maximum Gasteiger partial charge on any atom is 0.387 e. The van der Waals surface area contributed by atoms with Crippen LogP contribution >= 0.6 is 12.4 Å². The summed E-state index contributed by atoms with van der Waals surface area (Å²) >= 11 is 0. The van der Waals surface area contributed by atoms with E-state index in [1.54, 1.807) is 12.1 Å². The first-order valence-electron chi connectivity index (χ1n) is 6.24. The summed E-state index contributed by atoms with van der Waals surface area (Å²) in [6.07, 6.45) is 2.94. The van der Waals surface area contributed by atoms with Crippen molar-refractivity contribution in [3.8, 4) is 5.75 Å². The number of anilines is 1. The van der Waals surface area contributed by atoms with Gasteiger partial charge < -0.3 is 15.4 Å². The first-order chi connectivity index (χ1) is 9.15. The van der Waals surface area contributed by atoms with E-state index in [4.69, 9.17) is 0 Å². The monoisotopic (exact) mass is 306 g/mol. The molecule has 0 aromatic heterocycles. The van der Waals surface area contributed by atoms with Crippen molar-refractivity contribution in [2.45, 2.75) is 31.9 Å². The van der Waals surface area contributed by atoms with Crippen LogP contribution in [0.25, 0.3) is 0 Å². The van der Waals surface area contributed by atoms with Crippen molar-refractivity contribution in [3.63, 3.8) is 0 Å². The first kappa shape index (κ1) is 16.7. The lowest BCUT2D eigenvalue weighted by atomic mass is 10.0. The molecule has 1 fully saturated rings. The van der Waals surface area contributed by atoms with Gasteiger partial charge in [-0.1, -0.05) is 6.42 Å². The number of nitrogens with one attached hydrogen (secondary N) is 2. The van der Waals surface area contributed by atoms with Gasteiger partial charge in [0.2, 0.25) is 5.91 Å². The second-order valence-corrected chi connectivity index (χ2v) is 4.39. The number of benzene rings is 1. The van der Waals surface area contributed by atoms with Crippen LogP contribution in [-0.2, 0) is 4.79 Å². The summed E-state index contributed by atoms with van der Waals surface area (Å²) in [6.45, 7) is -1.99. The minimum absolute atomic E-state index is 0. The van der Waals surface area contributed by atoms with Crippen LogP contribution in [0.4, 0.5) is 14.5 Å². The number of amides is 1. The van der Waals surface area contributed by atoms with Crippen LogP contribution < -0.4 is 15.4 Å². The van der Waals surface area contributed by atoms with E-state index in [1.807, 2.05) is 0 Å². The van der Waals surface area contributed by atoms with Crippen molar-refractivity contribution < 1.29 is 18.3 Å². The number of carbonyl (C=O) groups is 1. The van der Waals surface area contributed by atoms with Gasteiger partial charge in [0.1, 0.15) is 5.75 Å². The van der Waals surface area contributed by atoms with E-state index in [9.17, 15) is 13.6 Å². The number of alkyl halides is 2. The van der Waals surface area contributed by atoms with Crippen molar-refractivity contribution >= 4 is 24.0 Å². The van der Waals surface area contributed by atoms with Crippen molar-refractivity contribution in [2.24, 2.45) is 0 Å². The lowest BCUT2D eigenvalue weighted by Crippen LogP contribution is -2.43. The van der Waals surface area contributed by atoms with Crippen LogP contribution in [0.2, 0.25) is 0 Å². The highest BCUT2D eigenvalue weighted by molar-refractivity contribution is 5.94. The molecule has 1 atom stereocenters. The Morgan fingerprint density at radius 3 is 2.55 bits per heavy atom. The van der Waals surface area contributed by atoms with Crippen LogP contribution in [0.3, 0.4) is 0 Å². The predicted octanol–water partition coefficient (Wildman–Crippen LogP) is 2.79. The number of carbonyl (C=O) groups excluding carboxylic acids is 1. The molecule has 7 heteroatoms. The Morgan fingerprint density at radius 1 is 1.30 bits per heavy atom. The average Bonchev–Trinajstić information content (AvgIpc) is 2.41. The third-order valence-corrected chi connectivity index (χ3v) is 2.97. The fourth-order valence-electron chi connectivity index (χ4n) is 2.02. The van der Waals surface area contributed by atoms with Gasteiger partial charge in [-0.3, -0.25) is 4.79 Å². The van der Waals surface area contributed by atoms with Gasteiger partial charge in [-0.2, -0.15) is 8.78 Å². The molecule has 2 N–H and O–H groups in total. The zero-order valence-electron chi connectivity index (χ0n) is 10.8. The Hall–Kier alpha value is -1.40. The average molecular weight is 307 g/mol. The molecule has 1 aromatic carbocycles. The Morgan fingerprint density at radius 2 is 2.00 bits per heavy atom. The Bertz CT molecular complexity index is 423. The highest BCUT2D eigenvalue weighted by Gasteiger charge is 2.20. The van der Waals surface area contributed by atoms with Crippen LogP contribution in [0.15, 0.2) is 24.3 Å². The molecule has 1 heterocycles. The third-order valence-electron chi connectivity index (χ3n) is 2.97. The van der Waals surface area contributed by atoms with Gasteiger partial charge in [0.25, 0.3) is 0 Å². The number of hydrogen-bond acceptors (Lipinski definition) is 3. The van der Waals surface area contributed by atoms with Gasteiger partial charge >= 0.3 is 6.61 Å². The zero-order valence-corrected chi connectivity index (χ0v) is 11.6. The summed E-state index contributed by atoms with van der Waals surface area (Å²) in [7, 11) is 0. The summed E-state index contributed by atoms with van der Waals surface area (Å²) in [5.74, 6) is -0.0222. The molecule has 112 valence electrons. The number of ether oxygens (including phenoxy) is 1. The molecule has 1 aromatic rings. The molecule has 0 aliphatic carbocycles. The van der Waals surface area contributed by atoms with E-state index < -0.39 is 6.61 Å². The summed E-state index contributed by atoms with van der Waals surface area (Å²) in [4.78, 5) is 11.9. The highest BCUT2D eigenvalue weighted by atomic mass is 35.5. The van der Waals surface area contributed by atoms with E-state index in [0.717, 1.165) is 25.8 Å². The van der Waals surface area contributed by atoms with Crippen molar-refractivity contribution in [3.05, 3.63) is 24.3 Å². The zero-order chi connectivity index (χ0) is 13.7. The molecule has 1 amide bonds. The van der Waals surface area contributed by atoms with Crippen LogP contribution in [0.5, 0.6) is 5.75 Å². The standard InChI is InChI=1S/C13H16F2N2O2.ClH/c14-13(15)19-10-6-4-9(5-7-10)17-12(18)11-3-1-2-8-16-11;/h4-7,11,13,16H,1-3,8H2,(H,17,18);1H/t11-;/m0./s1. The molecule has 0 saturated carbocycles. The third kappa shape index (κ3) is 4.94. The molecule has 4 nitrogen and oxygen atoms in total. The minimum atomic E-state index is -2.84. The van der Waals surface area contributed by atoms with Gasteiger partial charge in [0.05, 0.1) is 6.04 Å². The van der Waals surface area contributed by atoms with Crippen LogP contribution in [0, 0.1) is 0 Å². The molecular weight excluding hydrogens is 290 g/mol. The molecule has 20 heavy (non-hydrogen) atoms. The fourth-order valence-corrected chi connectivity index (χ4v) is 2.02. The molecule has 1 aliphatic rings. The molecular formula is C13H17ClF2N2O2. The van der Waals surface area contributed by atoms with Gasteiger partial charge in [-0.15, -0.1) is 12.4 Å². The summed E-state index contributed by atoms with van der Waals surface area (Å²) < 4.78 is 28.2. The van der Waals surface area contributed by atoms with Crippen molar-refractivity contribution in [1.29, 1.82) is 0 Å². The topological polar surface area (TPSA) is 50.4 Å². The van der Waals surface area contributed by atoms with E-state index in [0.29, 0.717) is 5.69 Å². The normalized spacial score (nSPS) is 18.2. The van der Waals surface area contributed by atoms with E-state index in [1.165, 1.54) is 12.1 Å². The molecule has 0 bridgehead atoms. The predicted molar refractivity (Wildman–Crippen MR) is 74.6 cm³/mol. The van der Waals surface area contributed by atoms with E-state index in [-0.39, 0.29) is 30.1 Å². The lowest BCUT2D eigenvalue weighted by molar-refractivity contribution is -0.118. The van der Waals surface area contributed by atoms with Crippen molar-refractivity contribution in [2.75, 3.05) is 11.9 Å². The lowest BCUT2D eigenvalue weighted by Gasteiger charge is -2.22. The number of hydrogen-bond donors (Lipinski definition) is 2. The van der Waals surface area contributed by atoms with Crippen LogP contribution in [-0.4, -0.2) is 25.1 Å². The van der Waals surface area contributed by atoms with Crippen molar-refractivity contribution in [1.82, 2.24) is 5.32 Å². The molecule has 1 aliphatic heterocycles. The molecule has 0 spiro atoms. The number of rotatable bonds is 4. The largest absolute Gasteiger partial charge is 0.435 e.